The highest BCUT2D eigenvalue weighted by Crippen LogP contribution is 2.64. The Morgan fingerprint density at radius 3 is 0.957 bits per heavy atom. The molecule has 10 unspecified atom stereocenters. The average molecular weight is 1290 g/mol. The third-order valence-electron chi connectivity index (χ3n) is 34.5. The Bertz CT molecular complexity index is 2090. The molecule has 20 fully saturated rings. The lowest BCUT2D eigenvalue weighted by molar-refractivity contribution is -0.0545. The van der Waals surface area contributed by atoms with Crippen LogP contribution >= 0.6 is 0 Å². The van der Waals surface area contributed by atoms with Gasteiger partial charge in [0, 0.05) is 0 Å². The van der Waals surface area contributed by atoms with E-state index in [9.17, 15) is 0 Å². The summed E-state index contributed by atoms with van der Waals surface area (Å²) >= 11 is 0. The van der Waals surface area contributed by atoms with E-state index >= 15 is 0 Å². The van der Waals surface area contributed by atoms with Crippen LogP contribution in [0.1, 0.15) is 433 Å². The molecule has 20 aliphatic carbocycles. The van der Waals surface area contributed by atoms with E-state index in [-0.39, 0.29) is 0 Å². The number of rotatable bonds is 1. The van der Waals surface area contributed by atoms with Crippen molar-refractivity contribution in [2.24, 2.45) is 155 Å². The molecule has 14 bridgehead atoms. The molecule has 10 atom stereocenters. The summed E-state index contributed by atoms with van der Waals surface area (Å²) in [6, 6.07) is 0. The first kappa shape index (κ1) is 75.7. The lowest BCUT2D eigenvalue weighted by Gasteiger charge is -2.56. The molecule has 0 radical (unpaired) electrons. The summed E-state index contributed by atoms with van der Waals surface area (Å²) in [5.74, 6) is 19.5. The molecule has 0 aliphatic heterocycles. The molecular weight excluding hydrogens is 1120 g/mol. The van der Waals surface area contributed by atoms with Crippen LogP contribution in [0.5, 0.6) is 0 Å². The number of hydrogen-bond donors (Lipinski definition) is 0. The van der Waals surface area contributed by atoms with Crippen molar-refractivity contribution >= 4 is 0 Å². The zero-order valence-corrected chi connectivity index (χ0v) is 66.8. The van der Waals surface area contributed by atoms with E-state index in [2.05, 4.69) is 125 Å². The quantitative estimate of drug-likeness (QED) is 0.245. The first-order valence-corrected chi connectivity index (χ1v) is 43.8. The second kappa shape index (κ2) is 31.3. The lowest BCUT2D eigenvalue weighted by Crippen LogP contribution is -2.45. The van der Waals surface area contributed by atoms with Crippen molar-refractivity contribution in [1.29, 1.82) is 0 Å². The van der Waals surface area contributed by atoms with Crippen LogP contribution in [0.2, 0.25) is 0 Å². The minimum Gasteiger partial charge on any atom is -0.0649 e. The van der Waals surface area contributed by atoms with Gasteiger partial charge < -0.3 is 0 Å². The Hall–Kier alpha value is 0. The SMILES string of the molecule is CC(C)(C)C.CC12CC3CC(CC(C3)C1)C2.CC1C2CCC(C2)C1(C)C.CC1C2CCC(C2)C1C.CC1CC2CCC1(C)C2.CC1CCC2(CC1)CCC(C)(C)CC2.CC1CCC2(CCCC2)CC1.CC1CCC2(CCCCC2)CC1.CCC12CC3CC(CC(C3)C1)C2. The fraction of sp³-hybridized carbons (Fsp3) is 1.00. The van der Waals surface area contributed by atoms with E-state index in [0.717, 1.165) is 139 Å². The molecular formula is C93H168. The predicted octanol–water partition coefficient (Wildman–Crippen LogP) is 30.2. The van der Waals surface area contributed by atoms with Crippen molar-refractivity contribution < 1.29 is 0 Å². The second-order valence-corrected chi connectivity index (χ2v) is 44.8. The maximum Gasteiger partial charge on any atom is -0.0292 e. The Kier molecular flexibility index (Phi) is 25.5. The standard InChI is InChI=1S/C14H26.C12H20.C12H22.C11H18.C11H20.C10H18.2C9H16.C5H12/c1-12-4-6-14(7-5-12)10-8-13(2,3)9-11-14;1-2-12-6-9-3-10(7-12)5-11(4-9)8-12;1-11-5-9-12(10-6-11)7-3-2-4-8-12;1-11-5-8-2-9(6-11)4-10(3-8)7-11;1-10-4-8-11(9-5-10)6-2-3-7-11;1-7-8-4-5-9(6-8)10(7,2)3;1-7-5-8-3-4-9(7,2)6-8;1-6-7(2)9-4-3-8(6)5-9;1-5(2,3)4/h12H,4-11H2,1-3H3;9-11H,2-8H2,1H3;11H,2-10H2,1H3;8-10H,2-7H2,1H3;10H,2-9H2,1H3;7-9H,4-6H2,1-3H3;7-8H,3-6H2,1-2H3;6-9H,3-5H2,1-2H3;1-4H3. The van der Waals surface area contributed by atoms with Gasteiger partial charge in [-0.05, 0) is 386 Å². The van der Waals surface area contributed by atoms with Crippen molar-refractivity contribution in [3.8, 4) is 0 Å². The lowest BCUT2D eigenvalue weighted by atomic mass is 9.49. The smallest absolute Gasteiger partial charge is 0.0292 e. The highest BCUT2D eigenvalue weighted by atomic mass is 14.6. The molecule has 3 spiro atoms. The third-order valence-corrected chi connectivity index (χ3v) is 34.5. The fourth-order valence-corrected chi connectivity index (χ4v) is 27.6. The largest absolute Gasteiger partial charge is 0.0649 e. The normalized spacial score (nSPS) is 43.9. The van der Waals surface area contributed by atoms with Crippen molar-refractivity contribution in [3.05, 3.63) is 0 Å². The van der Waals surface area contributed by atoms with Gasteiger partial charge in [0.05, 0.1) is 0 Å². The minimum atomic E-state index is 0.500. The highest BCUT2D eigenvalue weighted by Gasteiger charge is 2.53. The van der Waals surface area contributed by atoms with Gasteiger partial charge in [-0.25, -0.2) is 0 Å². The molecule has 20 aliphatic rings. The summed E-state index contributed by atoms with van der Waals surface area (Å²) in [7, 11) is 0. The van der Waals surface area contributed by atoms with Gasteiger partial charge in [0.1, 0.15) is 0 Å². The average Bonchev–Trinajstić information content (AvgIpc) is 1.72. The Labute approximate surface area is 584 Å². The summed E-state index contributed by atoms with van der Waals surface area (Å²) in [6.07, 6.45) is 74.0. The first-order valence-electron chi connectivity index (χ1n) is 43.8. The van der Waals surface area contributed by atoms with Gasteiger partial charge in [0.25, 0.3) is 0 Å². The molecule has 0 aromatic heterocycles. The molecule has 0 N–H and O–H groups in total. The van der Waals surface area contributed by atoms with Crippen LogP contribution in [0.4, 0.5) is 0 Å². The number of hydrogen-bond acceptors (Lipinski definition) is 0. The van der Waals surface area contributed by atoms with Crippen LogP contribution in [0.25, 0.3) is 0 Å². The van der Waals surface area contributed by atoms with E-state index in [0.29, 0.717) is 16.2 Å². The fourth-order valence-electron chi connectivity index (χ4n) is 27.6. The molecule has 0 aromatic carbocycles. The summed E-state index contributed by atoms with van der Waals surface area (Å²) in [5.41, 5.74) is 6.71. The third kappa shape index (κ3) is 20.0. The highest BCUT2D eigenvalue weighted by molar-refractivity contribution is 5.03. The maximum atomic E-state index is 2.54. The molecule has 0 heterocycles. The van der Waals surface area contributed by atoms with Gasteiger partial charge in [-0.15, -0.1) is 0 Å². The molecule has 0 amide bonds. The summed E-state index contributed by atoms with van der Waals surface area (Å²) in [4.78, 5) is 0. The van der Waals surface area contributed by atoms with Gasteiger partial charge in [-0.3, -0.25) is 0 Å². The molecule has 540 valence electrons. The van der Waals surface area contributed by atoms with Crippen LogP contribution < -0.4 is 0 Å². The molecule has 0 nitrogen and oxygen atoms in total. The molecule has 0 aromatic rings. The van der Waals surface area contributed by atoms with Crippen molar-refractivity contribution in [2.75, 3.05) is 0 Å². The topological polar surface area (TPSA) is 0 Å². The monoisotopic (exact) mass is 1290 g/mol. The van der Waals surface area contributed by atoms with E-state index in [1.165, 1.54) is 173 Å². The summed E-state index contributed by atoms with van der Waals surface area (Å²) in [6.45, 7) is 43.0. The molecule has 93 heavy (non-hydrogen) atoms. The zero-order chi connectivity index (χ0) is 66.8. The van der Waals surface area contributed by atoms with Crippen molar-refractivity contribution in [1.82, 2.24) is 0 Å². The molecule has 0 heteroatoms. The van der Waals surface area contributed by atoms with E-state index < -0.39 is 0 Å². The van der Waals surface area contributed by atoms with E-state index in [1.807, 2.05) is 0 Å². The summed E-state index contributed by atoms with van der Waals surface area (Å²) < 4.78 is 0. The van der Waals surface area contributed by atoms with Crippen molar-refractivity contribution in [3.63, 3.8) is 0 Å². The van der Waals surface area contributed by atoms with Gasteiger partial charge in [0.2, 0.25) is 0 Å². The van der Waals surface area contributed by atoms with Crippen LogP contribution in [0, 0.1) is 155 Å². The molecule has 20 saturated carbocycles. The van der Waals surface area contributed by atoms with Crippen LogP contribution in [-0.4, -0.2) is 0 Å². The van der Waals surface area contributed by atoms with Gasteiger partial charge in [0.15, 0.2) is 0 Å². The van der Waals surface area contributed by atoms with Gasteiger partial charge >= 0.3 is 0 Å². The predicted molar refractivity (Wildman–Crippen MR) is 408 cm³/mol. The Balaban J connectivity index is 0.000000115. The van der Waals surface area contributed by atoms with E-state index in [4.69, 9.17) is 0 Å². The van der Waals surface area contributed by atoms with Crippen LogP contribution in [0.15, 0.2) is 0 Å². The first-order chi connectivity index (χ1) is 43.8. The van der Waals surface area contributed by atoms with Crippen LogP contribution in [0.3, 0.4) is 0 Å². The summed E-state index contributed by atoms with van der Waals surface area (Å²) in [5, 5.41) is 0. The maximum absolute atomic E-state index is 2.54. The molecule has 20 rings (SSSR count). The van der Waals surface area contributed by atoms with Crippen molar-refractivity contribution in [2.45, 2.75) is 433 Å². The second-order valence-electron chi connectivity index (χ2n) is 44.8. The van der Waals surface area contributed by atoms with Gasteiger partial charge in [-0.2, -0.15) is 0 Å². The zero-order valence-electron chi connectivity index (χ0n) is 66.8. The van der Waals surface area contributed by atoms with E-state index in [1.54, 1.807) is 135 Å². The Morgan fingerprint density at radius 2 is 0.688 bits per heavy atom. The molecule has 0 saturated heterocycles. The Morgan fingerprint density at radius 1 is 0.323 bits per heavy atom. The van der Waals surface area contributed by atoms with Gasteiger partial charge in [-0.1, -0.05) is 202 Å². The minimum absolute atomic E-state index is 0.500. The van der Waals surface area contributed by atoms with Crippen LogP contribution in [-0.2, 0) is 0 Å². The number of fused-ring (bicyclic) bond motifs is 6.